The molecule has 2 aromatic heterocycles. The number of benzene rings is 4. The zero-order valence-corrected chi connectivity index (χ0v) is 22.2. The minimum atomic E-state index is 0.275. The van der Waals surface area contributed by atoms with Crippen molar-refractivity contribution in [1.82, 2.24) is 4.98 Å². The summed E-state index contributed by atoms with van der Waals surface area (Å²) in [7, 11) is 0. The van der Waals surface area contributed by atoms with Crippen molar-refractivity contribution < 1.29 is 0 Å². The molecule has 0 unspecified atom stereocenters. The van der Waals surface area contributed by atoms with Crippen LogP contribution < -0.4 is 13.8 Å². The van der Waals surface area contributed by atoms with E-state index in [4.69, 9.17) is 4.98 Å². The molecule has 0 N–H and O–H groups in total. The zero-order valence-electron chi connectivity index (χ0n) is 19.7. The molecule has 4 heteroatoms. The Labute approximate surface area is 221 Å². The van der Waals surface area contributed by atoms with Crippen molar-refractivity contribution in [3.8, 4) is 21.7 Å². The van der Waals surface area contributed by atoms with Crippen LogP contribution >= 0.6 is 11.3 Å². The van der Waals surface area contributed by atoms with Crippen LogP contribution in [0.4, 0.5) is 17.1 Å². The third kappa shape index (κ3) is 3.58. The third-order valence-electron chi connectivity index (χ3n) is 6.63. The van der Waals surface area contributed by atoms with E-state index >= 15 is 0 Å². The molecule has 172 valence electrons. The van der Waals surface area contributed by atoms with Gasteiger partial charge in [0, 0.05) is 0 Å². The predicted molar refractivity (Wildman–Crippen MR) is 155 cm³/mol. The molecule has 2 nitrogen and oxygen atoms in total. The molecule has 0 spiro atoms. The molecule has 4 aromatic carbocycles. The van der Waals surface area contributed by atoms with Crippen LogP contribution in [0.15, 0.2) is 115 Å². The summed E-state index contributed by atoms with van der Waals surface area (Å²) in [5.41, 5.74) is 9.27. The molecule has 0 saturated heterocycles. The Morgan fingerprint density at radius 1 is 0.694 bits per heavy atom. The van der Waals surface area contributed by atoms with E-state index in [-0.39, 0.29) is 15.0 Å². The third-order valence-corrected chi connectivity index (χ3v) is 9.90. The van der Waals surface area contributed by atoms with E-state index in [0.29, 0.717) is 0 Å². The van der Waals surface area contributed by atoms with E-state index in [1.165, 1.54) is 41.7 Å². The Morgan fingerprint density at radius 2 is 1.39 bits per heavy atom. The average Bonchev–Trinajstić information content (AvgIpc) is 3.46. The minimum absolute atomic E-state index is 0.275. The van der Waals surface area contributed by atoms with Crippen molar-refractivity contribution in [3.05, 3.63) is 120 Å². The fourth-order valence-corrected chi connectivity index (χ4v) is 7.86. The molecule has 0 radical (unpaired) electrons. The van der Waals surface area contributed by atoms with Crippen LogP contribution in [0.2, 0.25) is 0 Å². The van der Waals surface area contributed by atoms with E-state index in [0.717, 1.165) is 22.5 Å². The van der Waals surface area contributed by atoms with Gasteiger partial charge in [-0.3, -0.25) is 0 Å². The second kappa shape index (κ2) is 8.76. The monoisotopic (exact) mass is 546 g/mol. The normalized spacial score (nSPS) is 12.4. The first kappa shape index (κ1) is 21.6. The van der Waals surface area contributed by atoms with Gasteiger partial charge in [0.1, 0.15) is 0 Å². The fourth-order valence-electron chi connectivity index (χ4n) is 4.89. The first-order valence-corrected chi connectivity index (χ1v) is 14.6. The maximum atomic E-state index is 5.33. The van der Waals surface area contributed by atoms with Crippen LogP contribution in [0, 0.1) is 6.92 Å². The van der Waals surface area contributed by atoms with Crippen LogP contribution in [-0.4, -0.2) is 19.9 Å². The number of thiophene rings is 1. The zero-order chi connectivity index (χ0) is 24.1. The van der Waals surface area contributed by atoms with Gasteiger partial charge in [-0.15, -0.1) is 0 Å². The summed E-state index contributed by atoms with van der Waals surface area (Å²) in [4.78, 5) is 9.01. The van der Waals surface area contributed by atoms with E-state index in [1.54, 1.807) is 11.3 Å². The second-order valence-corrected chi connectivity index (χ2v) is 12.2. The standard InChI is InChI=1S/C32H22N2SSe/c1-21-15-17-22(18-16-21)25-20-24(29-12-7-19-35-29)23-8-6-11-28(32(23)33-25)34-26-9-2-4-13-30(26)36-31-14-5-3-10-27(31)34/h2-20H,1H3. The Bertz CT molecular complexity index is 1680. The molecule has 3 heterocycles. The van der Waals surface area contributed by atoms with Gasteiger partial charge in [0.15, 0.2) is 0 Å². The molecule has 6 aromatic rings. The number of hydrogen-bond acceptors (Lipinski definition) is 3. The van der Waals surface area contributed by atoms with E-state index < -0.39 is 0 Å². The molecule has 1 aliphatic rings. The summed E-state index contributed by atoms with van der Waals surface area (Å²) in [5, 5.41) is 3.33. The number of nitrogens with zero attached hydrogens (tertiary/aromatic N) is 2. The van der Waals surface area contributed by atoms with Crippen molar-refractivity contribution in [2.24, 2.45) is 0 Å². The van der Waals surface area contributed by atoms with E-state index in [2.05, 4.69) is 126 Å². The number of aryl methyl sites for hydroxylation is 1. The summed E-state index contributed by atoms with van der Waals surface area (Å²) in [6.07, 6.45) is 0. The number of pyridine rings is 1. The molecule has 7 rings (SSSR count). The van der Waals surface area contributed by atoms with Gasteiger partial charge in [-0.1, -0.05) is 0 Å². The first-order chi connectivity index (χ1) is 17.8. The molecular formula is C32H22N2SSe. The van der Waals surface area contributed by atoms with Crippen molar-refractivity contribution in [2.75, 3.05) is 4.90 Å². The van der Waals surface area contributed by atoms with Crippen LogP contribution in [0.25, 0.3) is 32.6 Å². The average molecular weight is 546 g/mol. The van der Waals surface area contributed by atoms with Crippen LogP contribution in [0.5, 0.6) is 0 Å². The topological polar surface area (TPSA) is 16.1 Å². The number of aromatic nitrogens is 1. The van der Waals surface area contributed by atoms with Gasteiger partial charge in [-0.05, 0) is 0 Å². The Morgan fingerprint density at radius 3 is 2.08 bits per heavy atom. The molecule has 0 saturated carbocycles. The Hall–Kier alpha value is -3.69. The van der Waals surface area contributed by atoms with Crippen LogP contribution in [0.1, 0.15) is 5.56 Å². The van der Waals surface area contributed by atoms with Crippen molar-refractivity contribution in [3.63, 3.8) is 0 Å². The molecule has 1 aliphatic heterocycles. The Kier molecular flexibility index (Phi) is 5.25. The van der Waals surface area contributed by atoms with Gasteiger partial charge in [-0.25, -0.2) is 0 Å². The van der Waals surface area contributed by atoms with Gasteiger partial charge in [0.05, 0.1) is 0 Å². The molecular weight excluding hydrogens is 523 g/mol. The number of anilines is 3. The molecule has 0 atom stereocenters. The van der Waals surface area contributed by atoms with Gasteiger partial charge >= 0.3 is 222 Å². The second-order valence-electron chi connectivity index (χ2n) is 8.94. The van der Waals surface area contributed by atoms with Gasteiger partial charge < -0.3 is 0 Å². The SMILES string of the molecule is Cc1ccc(-c2cc(-c3cccs3)c3cccc(N4c5ccccc5[Se]c5ccccc54)c3n2)cc1. The summed E-state index contributed by atoms with van der Waals surface area (Å²) in [5.74, 6) is 0. The van der Waals surface area contributed by atoms with Crippen LogP contribution in [-0.2, 0) is 0 Å². The summed E-state index contributed by atoms with van der Waals surface area (Å²) in [6, 6.07) is 39.5. The number of para-hydroxylation sites is 3. The van der Waals surface area contributed by atoms with E-state index in [9.17, 15) is 0 Å². The molecule has 0 aliphatic carbocycles. The van der Waals surface area contributed by atoms with E-state index in [1.807, 2.05) is 0 Å². The van der Waals surface area contributed by atoms with Crippen molar-refractivity contribution in [2.45, 2.75) is 6.92 Å². The van der Waals surface area contributed by atoms with Gasteiger partial charge in [0.2, 0.25) is 0 Å². The predicted octanol–water partition coefficient (Wildman–Crippen LogP) is 7.38. The molecule has 0 amide bonds. The van der Waals surface area contributed by atoms with Crippen LogP contribution in [0.3, 0.4) is 0 Å². The summed E-state index contributed by atoms with van der Waals surface area (Å²) < 4.78 is 2.79. The number of hydrogen-bond donors (Lipinski definition) is 0. The summed E-state index contributed by atoms with van der Waals surface area (Å²) >= 11 is 2.05. The summed E-state index contributed by atoms with van der Waals surface area (Å²) in [6.45, 7) is 2.12. The van der Waals surface area contributed by atoms with Gasteiger partial charge in [0.25, 0.3) is 0 Å². The molecule has 0 bridgehead atoms. The van der Waals surface area contributed by atoms with Crippen molar-refractivity contribution in [1.29, 1.82) is 0 Å². The first-order valence-electron chi connectivity index (χ1n) is 12.0. The molecule has 36 heavy (non-hydrogen) atoms. The van der Waals surface area contributed by atoms with Crippen molar-refractivity contribution >= 4 is 63.2 Å². The van der Waals surface area contributed by atoms with Gasteiger partial charge in [-0.2, -0.15) is 0 Å². The number of rotatable bonds is 3. The fraction of sp³-hybridized carbons (Fsp3) is 0.0312. The quantitative estimate of drug-likeness (QED) is 0.216. The molecule has 0 fully saturated rings. The maximum absolute atomic E-state index is 5.33. The number of fused-ring (bicyclic) bond motifs is 3. The Balaban J connectivity index is 1.55.